The highest BCUT2D eigenvalue weighted by Gasteiger charge is 2.29. The Kier molecular flexibility index (Phi) is 6.29. The number of aliphatic hydroxyl groups excluding tert-OH is 1. The molecule has 1 amide bonds. The molecule has 1 aromatic carbocycles. The zero-order valence-electron chi connectivity index (χ0n) is 14.9. The summed E-state index contributed by atoms with van der Waals surface area (Å²) in [5.41, 5.74) is 0.517. The number of benzene rings is 1. The van der Waals surface area contributed by atoms with E-state index in [1.54, 1.807) is 36.2 Å². The van der Waals surface area contributed by atoms with Crippen molar-refractivity contribution in [2.75, 3.05) is 31.3 Å². The van der Waals surface area contributed by atoms with E-state index in [9.17, 15) is 18.3 Å². The van der Waals surface area contributed by atoms with Gasteiger partial charge in [-0.3, -0.25) is 9.10 Å². The first kappa shape index (κ1) is 19.5. The summed E-state index contributed by atoms with van der Waals surface area (Å²) in [6, 6.07) is 6.33. The second-order valence-corrected chi connectivity index (χ2v) is 8.45. The average Bonchev–Trinajstić information content (AvgIpc) is 2.58. The van der Waals surface area contributed by atoms with E-state index >= 15 is 0 Å². The number of carbonyl (C=O) groups excluding carboxylic acids is 1. The summed E-state index contributed by atoms with van der Waals surface area (Å²) in [5, 5.41) is 10.0. The van der Waals surface area contributed by atoms with Gasteiger partial charge in [-0.2, -0.15) is 0 Å². The van der Waals surface area contributed by atoms with Gasteiger partial charge in [0, 0.05) is 14.1 Å². The predicted octanol–water partition coefficient (Wildman–Crippen LogP) is 1.22. The first-order chi connectivity index (χ1) is 11.7. The van der Waals surface area contributed by atoms with Crippen LogP contribution in [0, 0.1) is 0 Å². The highest BCUT2D eigenvalue weighted by atomic mass is 32.2. The minimum absolute atomic E-state index is 0.124. The van der Waals surface area contributed by atoms with Gasteiger partial charge in [-0.25, -0.2) is 8.42 Å². The molecule has 0 radical (unpaired) electrons. The quantitative estimate of drug-likeness (QED) is 0.814. The van der Waals surface area contributed by atoms with Crippen LogP contribution in [0.1, 0.15) is 25.7 Å². The largest absolute Gasteiger partial charge is 0.484 e. The average molecular weight is 370 g/mol. The van der Waals surface area contributed by atoms with Crippen molar-refractivity contribution in [3.8, 4) is 5.75 Å². The number of carbonyl (C=O) groups is 1. The number of hydrogen-bond acceptors (Lipinski definition) is 5. The lowest BCUT2D eigenvalue weighted by Crippen LogP contribution is -2.47. The van der Waals surface area contributed by atoms with Gasteiger partial charge in [0.05, 0.1) is 24.1 Å². The summed E-state index contributed by atoms with van der Waals surface area (Å²) in [6.07, 6.45) is 4.17. The number of amides is 1. The molecule has 2 atom stereocenters. The smallest absolute Gasteiger partial charge is 0.260 e. The lowest BCUT2D eigenvalue weighted by Gasteiger charge is -2.35. The Morgan fingerprint density at radius 3 is 2.36 bits per heavy atom. The third-order valence-corrected chi connectivity index (χ3v) is 5.85. The Morgan fingerprint density at radius 1 is 1.20 bits per heavy atom. The molecule has 1 N–H and O–H groups in total. The van der Waals surface area contributed by atoms with Crippen molar-refractivity contribution in [1.29, 1.82) is 0 Å². The van der Waals surface area contributed by atoms with Crippen LogP contribution in [-0.4, -0.2) is 63.4 Å². The van der Waals surface area contributed by atoms with Crippen molar-refractivity contribution in [3.63, 3.8) is 0 Å². The lowest BCUT2D eigenvalue weighted by atomic mass is 9.91. The Morgan fingerprint density at radius 2 is 1.80 bits per heavy atom. The first-order valence-corrected chi connectivity index (χ1v) is 10.2. The van der Waals surface area contributed by atoms with Crippen LogP contribution in [0.2, 0.25) is 0 Å². The predicted molar refractivity (Wildman–Crippen MR) is 96.2 cm³/mol. The van der Waals surface area contributed by atoms with Crippen LogP contribution in [0.25, 0.3) is 0 Å². The molecule has 0 aromatic heterocycles. The number of sulfonamides is 1. The Labute approximate surface area is 149 Å². The van der Waals surface area contributed by atoms with E-state index in [4.69, 9.17) is 4.74 Å². The van der Waals surface area contributed by atoms with E-state index < -0.39 is 16.1 Å². The van der Waals surface area contributed by atoms with E-state index in [0.29, 0.717) is 11.4 Å². The van der Waals surface area contributed by atoms with Crippen molar-refractivity contribution in [2.45, 2.75) is 37.8 Å². The van der Waals surface area contributed by atoms with Crippen LogP contribution in [-0.2, 0) is 14.8 Å². The Bertz CT molecular complexity index is 689. The van der Waals surface area contributed by atoms with Crippen LogP contribution >= 0.6 is 0 Å². The van der Waals surface area contributed by atoms with Crippen LogP contribution in [0.3, 0.4) is 0 Å². The van der Waals surface area contributed by atoms with Crippen molar-refractivity contribution in [2.24, 2.45) is 0 Å². The van der Waals surface area contributed by atoms with Gasteiger partial charge in [0.1, 0.15) is 5.75 Å². The Balaban J connectivity index is 1.91. The minimum Gasteiger partial charge on any atom is -0.484 e. The lowest BCUT2D eigenvalue weighted by molar-refractivity contribution is -0.137. The number of likely N-dealkylation sites (N-methyl/N-ethyl adjacent to an activating group) is 1. The van der Waals surface area contributed by atoms with E-state index in [2.05, 4.69) is 0 Å². The number of rotatable bonds is 6. The summed E-state index contributed by atoms with van der Waals surface area (Å²) in [4.78, 5) is 13.8. The van der Waals surface area contributed by atoms with Gasteiger partial charge < -0.3 is 14.7 Å². The van der Waals surface area contributed by atoms with E-state index in [0.717, 1.165) is 31.9 Å². The molecule has 1 saturated carbocycles. The zero-order valence-corrected chi connectivity index (χ0v) is 15.7. The standard InChI is InChI=1S/C17H26N2O5S/c1-18(15-6-4-5-7-16(15)20)17(21)12-24-14-10-8-13(9-11-14)19(2)25(3,22)23/h8-11,15-16,20H,4-7,12H2,1-3H3/t15-,16-/m1/s1. The summed E-state index contributed by atoms with van der Waals surface area (Å²) < 4.78 is 29.7. The van der Waals surface area contributed by atoms with E-state index in [1.165, 1.54) is 11.4 Å². The summed E-state index contributed by atoms with van der Waals surface area (Å²) in [6.45, 7) is -0.124. The molecule has 1 aliphatic carbocycles. The molecule has 0 heterocycles. The third kappa shape index (κ3) is 5.09. The van der Waals surface area contributed by atoms with Gasteiger partial charge in [0.15, 0.2) is 6.61 Å². The summed E-state index contributed by atoms with van der Waals surface area (Å²) >= 11 is 0. The van der Waals surface area contributed by atoms with Gasteiger partial charge in [0.2, 0.25) is 10.0 Å². The fourth-order valence-corrected chi connectivity index (χ4v) is 3.42. The normalized spacial score (nSPS) is 20.8. The number of ether oxygens (including phenoxy) is 1. The molecule has 1 aromatic rings. The van der Waals surface area contributed by atoms with Crippen molar-refractivity contribution >= 4 is 21.6 Å². The zero-order chi connectivity index (χ0) is 18.6. The number of hydrogen-bond donors (Lipinski definition) is 1. The van der Waals surface area contributed by atoms with Crippen LogP contribution in [0.4, 0.5) is 5.69 Å². The van der Waals surface area contributed by atoms with E-state index in [1.807, 2.05) is 0 Å². The van der Waals surface area contributed by atoms with Gasteiger partial charge in [-0.05, 0) is 37.1 Å². The monoisotopic (exact) mass is 370 g/mol. The van der Waals surface area contributed by atoms with Crippen molar-refractivity contribution < 1.29 is 23.1 Å². The molecule has 1 fully saturated rings. The molecule has 7 nitrogen and oxygen atoms in total. The molecule has 25 heavy (non-hydrogen) atoms. The van der Waals surface area contributed by atoms with Gasteiger partial charge >= 0.3 is 0 Å². The molecule has 0 bridgehead atoms. The summed E-state index contributed by atoms with van der Waals surface area (Å²) in [5.74, 6) is 0.292. The maximum atomic E-state index is 12.3. The number of nitrogens with zero attached hydrogens (tertiary/aromatic N) is 2. The molecule has 140 valence electrons. The maximum absolute atomic E-state index is 12.3. The number of aliphatic hydroxyl groups is 1. The fourth-order valence-electron chi connectivity index (χ4n) is 2.92. The highest BCUT2D eigenvalue weighted by molar-refractivity contribution is 7.92. The molecule has 8 heteroatoms. The van der Waals surface area contributed by atoms with Gasteiger partial charge in [-0.15, -0.1) is 0 Å². The third-order valence-electron chi connectivity index (χ3n) is 4.64. The molecule has 2 rings (SSSR count). The molecule has 0 spiro atoms. The van der Waals surface area contributed by atoms with E-state index in [-0.39, 0.29) is 18.6 Å². The topological polar surface area (TPSA) is 87.2 Å². The number of anilines is 1. The minimum atomic E-state index is -3.32. The van der Waals surface area contributed by atoms with Crippen LogP contribution in [0.15, 0.2) is 24.3 Å². The molecule has 0 unspecified atom stereocenters. The molecular weight excluding hydrogens is 344 g/mol. The van der Waals surface area contributed by atoms with Crippen LogP contribution in [0.5, 0.6) is 5.75 Å². The molecule has 0 saturated heterocycles. The highest BCUT2D eigenvalue weighted by Crippen LogP contribution is 2.23. The first-order valence-electron chi connectivity index (χ1n) is 8.30. The Hall–Kier alpha value is -1.80. The van der Waals surface area contributed by atoms with Crippen molar-refractivity contribution in [1.82, 2.24) is 4.90 Å². The maximum Gasteiger partial charge on any atom is 0.260 e. The van der Waals surface area contributed by atoms with Gasteiger partial charge in [-0.1, -0.05) is 12.8 Å². The van der Waals surface area contributed by atoms with Crippen molar-refractivity contribution in [3.05, 3.63) is 24.3 Å². The van der Waals surface area contributed by atoms with Crippen LogP contribution < -0.4 is 9.04 Å². The SMILES string of the molecule is CN(C(=O)COc1ccc(N(C)S(C)(=O)=O)cc1)[C@@H]1CCCC[C@H]1O. The second kappa shape index (κ2) is 8.05. The second-order valence-electron chi connectivity index (χ2n) is 6.44. The molecule has 0 aliphatic heterocycles. The molecule has 1 aliphatic rings. The molecular formula is C17H26N2O5S. The van der Waals surface area contributed by atoms with Gasteiger partial charge in [0.25, 0.3) is 5.91 Å². The fraction of sp³-hybridized carbons (Fsp3) is 0.588. The summed E-state index contributed by atoms with van der Waals surface area (Å²) in [7, 11) is -0.154.